The molecule has 2 atom stereocenters. The molecule has 1 rings (SSSR count). The average molecular weight is 203 g/mol. The largest absolute Gasteiger partial charge is 0.396 e. The highest BCUT2D eigenvalue weighted by Crippen LogP contribution is 2.34. The standard InChI is InChI=1S/C10H21NOS/c1-8(5-6-12)13-7-10(11-2)9-3-4-9/h8-12H,3-7H2,1-2H3. The summed E-state index contributed by atoms with van der Waals surface area (Å²) in [6.07, 6.45) is 3.73. The van der Waals surface area contributed by atoms with Crippen molar-refractivity contribution in [3.05, 3.63) is 0 Å². The van der Waals surface area contributed by atoms with Gasteiger partial charge in [0, 0.05) is 23.7 Å². The van der Waals surface area contributed by atoms with Gasteiger partial charge in [0.05, 0.1) is 0 Å². The van der Waals surface area contributed by atoms with Crippen molar-refractivity contribution in [1.29, 1.82) is 0 Å². The lowest BCUT2D eigenvalue weighted by Gasteiger charge is -2.17. The lowest BCUT2D eigenvalue weighted by Crippen LogP contribution is -2.30. The van der Waals surface area contributed by atoms with Crippen molar-refractivity contribution in [3.8, 4) is 0 Å². The summed E-state index contributed by atoms with van der Waals surface area (Å²) in [5.41, 5.74) is 0. The second-order valence-corrected chi connectivity index (χ2v) is 5.36. The van der Waals surface area contributed by atoms with Gasteiger partial charge in [-0.2, -0.15) is 11.8 Å². The minimum atomic E-state index is 0.321. The van der Waals surface area contributed by atoms with Crippen molar-refractivity contribution in [1.82, 2.24) is 5.32 Å². The molecule has 0 radical (unpaired) electrons. The first-order valence-corrected chi connectivity index (χ1v) is 6.22. The highest BCUT2D eigenvalue weighted by atomic mass is 32.2. The van der Waals surface area contributed by atoms with E-state index in [1.54, 1.807) is 0 Å². The zero-order valence-electron chi connectivity index (χ0n) is 8.62. The van der Waals surface area contributed by atoms with Crippen molar-refractivity contribution in [3.63, 3.8) is 0 Å². The van der Waals surface area contributed by atoms with Gasteiger partial charge in [-0.1, -0.05) is 6.92 Å². The van der Waals surface area contributed by atoms with Crippen LogP contribution < -0.4 is 5.32 Å². The van der Waals surface area contributed by atoms with E-state index in [1.165, 1.54) is 18.6 Å². The fourth-order valence-corrected chi connectivity index (χ4v) is 2.73. The Morgan fingerprint density at radius 3 is 2.69 bits per heavy atom. The molecule has 0 heterocycles. The maximum Gasteiger partial charge on any atom is 0.0441 e. The lowest BCUT2D eigenvalue weighted by molar-refractivity contribution is 0.289. The Morgan fingerprint density at radius 2 is 2.23 bits per heavy atom. The van der Waals surface area contributed by atoms with Gasteiger partial charge in [-0.25, -0.2) is 0 Å². The average Bonchev–Trinajstić information content (AvgIpc) is 2.90. The summed E-state index contributed by atoms with van der Waals surface area (Å²) >= 11 is 1.98. The molecule has 0 aromatic heterocycles. The Hall–Kier alpha value is 0.270. The van der Waals surface area contributed by atoms with Gasteiger partial charge in [-0.05, 0) is 32.2 Å². The van der Waals surface area contributed by atoms with E-state index < -0.39 is 0 Å². The molecule has 2 nitrogen and oxygen atoms in total. The molecule has 0 aromatic carbocycles. The molecule has 78 valence electrons. The fourth-order valence-electron chi connectivity index (χ4n) is 1.49. The summed E-state index contributed by atoms with van der Waals surface area (Å²) in [4.78, 5) is 0. The SMILES string of the molecule is CNC(CSC(C)CCO)C1CC1. The molecule has 0 amide bonds. The molecule has 13 heavy (non-hydrogen) atoms. The lowest BCUT2D eigenvalue weighted by atomic mass is 10.2. The number of nitrogens with one attached hydrogen (secondary N) is 1. The van der Waals surface area contributed by atoms with E-state index in [0.717, 1.165) is 12.3 Å². The molecule has 3 heteroatoms. The van der Waals surface area contributed by atoms with Crippen LogP contribution >= 0.6 is 11.8 Å². The third-order valence-electron chi connectivity index (χ3n) is 2.66. The predicted molar refractivity (Wildman–Crippen MR) is 59.2 cm³/mol. The highest BCUT2D eigenvalue weighted by Gasteiger charge is 2.29. The van der Waals surface area contributed by atoms with E-state index >= 15 is 0 Å². The van der Waals surface area contributed by atoms with Crippen molar-refractivity contribution in [2.75, 3.05) is 19.4 Å². The van der Waals surface area contributed by atoms with E-state index in [1.807, 2.05) is 11.8 Å². The van der Waals surface area contributed by atoms with E-state index in [4.69, 9.17) is 5.11 Å². The van der Waals surface area contributed by atoms with Gasteiger partial charge in [-0.3, -0.25) is 0 Å². The molecule has 0 aliphatic heterocycles. The topological polar surface area (TPSA) is 32.3 Å². The molecule has 2 unspecified atom stereocenters. The molecule has 0 saturated heterocycles. The molecular weight excluding hydrogens is 182 g/mol. The van der Waals surface area contributed by atoms with Crippen LogP contribution in [0.5, 0.6) is 0 Å². The third-order valence-corrected chi connectivity index (χ3v) is 4.01. The number of aliphatic hydroxyl groups is 1. The van der Waals surface area contributed by atoms with Gasteiger partial charge in [0.15, 0.2) is 0 Å². The zero-order valence-corrected chi connectivity index (χ0v) is 9.44. The second kappa shape index (κ2) is 5.89. The first-order chi connectivity index (χ1) is 6.27. The smallest absolute Gasteiger partial charge is 0.0441 e. The Kier molecular flexibility index (Phi) is 5.14. The van der Waals surface area contributed by atoms with E-state index in [0.29, 0.717) is 17.9 Å². The summed E-state index contributed by atoms with van der Waals surface area (Å²) < 4.78 is 0. The summed E-state index contributed by atoms with van der Waals surface area (Å²) in [6, 6.07) is 0.700. The van der Waals surface area contributed by atoms with Crippen LogP contribution in [0.25, 0.3) is 0 Å². The molecule has 2 N–H and O–H groups in total. The number of aliphatic hydroxyl groups excluding tert-OH is 1. The highest BCUT2D eigenvalue weighted by molar-refractivity contribution is 7.99. The molecular formula is C10H21NOS. The summed E-state index contributed by atoms with van der Waals surface area (Å²) in [5.74, 6) is 2.13. The Balaban J connectivity index is 2.07. The van der Waals surface area contributed by atoms with Crippen molar-refractivity contribution >= 4 is 11.8 Å². The maximum absolute atomic E-state index is 8.75. The molecule has 1 fully saturated rings. The normalized spacial score (nSPS) is 21.5. The minimum absolute atomic E-state index is 0.321. The van der Waals surface area contributed by atoms with E-state index in [2.05, 4.69) is 19.3 Å². The quantitative estimate of drug-likeness (QED) is 0.657. The van der Waals surface area contributed by atoms with E-state index in [9.17, 15) is 0 Å². The Morgan fingerprint density at radius 1 is 1.54 bits per heavy atom. The summed E-state index contributed by atoms with van der Waals surface area (Å²) in [7, 11) is 2.06. The number of hydrogen-bond donors (Lipinski definition) is 2. The second-order valence-electron chi connectivity index (χ2n) is 3.89. The van der Waals surface area contributed by atoms with Crippen LogP contribution in [0.15, 0.2) is 0 Å². The first kappa shape index (κ1) is 11.3. The monoisotopic (exact) mass is 203 g/mol. The summed E-state index contributed by atoms with van der Waals surface area (Å²) in [5, 5.41) is 12.7. The van der Waals surface area contributed by atoms with Crippen LogP contribution in [-0.4, -0.2) is 35.8 Å². The summed E-state index contributed by atoms with van der Waals surface area (Å²) in [6.45, 7) is 2.52. The molecule has 1 aliphatic carbocycles. The van der Waals surface area contributed by atoms with Crippen LogP contribution in [0.2, 0.25) is 0 Å². The minimum Gasteiger partial charge on any atom is -0.396 e. The molecule has 0 spiro atoms. The van der Waals surface area contributed by atoms with Crippen LogP contribution in [0.3, 0.4) is 0 Å². The Labute approximate surface area is 85.5 Å². The molecule has 0 aromatic rings. The number of rotatable bonds is 7. The predicted octanol–water partition coefficient (Wildman–Crippen LogP) is 1.49. The van der Waals surface area contributed by atoms with Crippen LogP contribution in [0.4, 0.5) is 0 Å². The van der Waals surface area contributed by atoms with Crippen molar-refractivity contribution in [2.24, 2.45) is 5.92 Å². The first-order valence-electron chi connectivity index (χ1n) is 5.17. The third kappa shape index (κ3) is 4.34. The number of hydrogen-bond acceptors (Lipinski definition) is 3. The van der Waals surface area contributed by atoms with Gasteiger partial charge in [0.1, 0.15) is 0 Å². The van der Waals surface area contributed by atoms with Crippen LogP contribution in [0.1, 0.15) is 26.2 Å². The molecule has 0 bridgehead atoms. The van der Waals surface area contributed by atoms with Gasteiger partial charge >= 0.3 is 0 Å². The Bertz CT molecular complexity index is 139. The maximum atomic E-state index is 8.75. The van der Waals surface area contributed by atoms with Crippen molar-refractivity contribution < 1.29 is 5.11 Å². The van der Waals surface area contributed by atoms with Gasteiger partial charge in [0.2, 0.25) is 0 Å². The van der Waals surface area contributed by atoms with Gasteiger partial charge in [0.25, 0.3) is 0 Å². The fraction of sp³-hybridized carbons (Fsp3) is 1.00. The zero-order chi connectivity index (χ0) is 9.68. The van der Waals surface area contributed by atoms with E-state index in [-0.39, 0.29) is 0 Å². The van der Waals surface area contributed by atoms with Gasteiger partial charge < -0.3 is 10.4 Å². The molecule has 1 saturated carbocycles. The van der Waals surface area contributed by atoms with Gasteiger partial charge in [-0.15, -0.1) is 0 Å². The molecule has 1 aliphatic rings. The van der Waals surface area contributed by atoms with Crippen LogP contribution in [-0.2, 0) is 0 Å². The van der Waals surface area contributed by atoms with Crippen molar-refractivity contribution in [2.45, 2.75) is 37.5 Å². The van der Waals surface area contributed by atoms with Crippen LogP contribution in [0, 0.1) is 5.92 Å². The number of thioether (sulfide) groups is 1.